The van der Waals surface area contributed by atoms with Gasteiger partial charge < -0.3 is 5.11 Å². The molecule has 170 valence electrons. The van der Waals surface area contributed by atoms with Crippen LogP contribution < -0.4 is 10.0 Å². The molecule has 4 rings (SSSR count). The third-order valence-electron chi connectivity index (χ3n) is 5.30. The van der Waals surface area contributed by atoms with Gasteiger partial charge in [-0.05, 0) is 48.4 Å². The van der Waals surface area contributed by atoms with Crippen molar-refractivity contribution in [3.05, 3.63) is 101 Å². The number of aliphatic hydroxyl groups excluding tert-OH is 1. The Balaban J connectivity index is 0.000000913. The maximum Gasteiger partial charge on any atom is 0.229 e. The first kappa shape index (κ1) is 23.9. The topological polar surface area (TPSA) is 81.7 Å². The molecule has 3 aromatic rings. The molecule has 7 heteroatoms. The molecule has 0 saturated carbocycles. The predicted molar refractivity (Wildman–Crippen MR) is 130 cm³/mol. The highest BCUT2D eigenvalue weighted by molar-refractivity contribution is 7.92. The van der Waals surface area contributed by atoms with Crippen LogP contribution in [0.15, 0.2) is 78.9 Å². The fourth-order valence-corrected chi connectivity index (χ4v) is 4.60. The van der Waals surface area contributed by atoms with Crippen molar-refractivity contribution in [1.82, 2.24) is 10.2 Å². The van der Waals surface area contributed by atoms with Crippen LogP contribution in [0.3, 0.4) is 0 Å². The van der Waals surface area contributed by atoms with Crippen LogP contribution in [0.4, 0.5) is 5.69 Å². The van der Waals surface area contributed by atoms with Crippen molar-refractivity contribution < 1.29 is 13.5 Å². The van der Waals surface area contributed by atoms with Gasteiger partial charge in [0.05, 0.1) is 18.5 Å². The van der Waals surface area contributed by atoms with Gasteiger partial charge in [-0.1, -0.05) is 66.7 Å². The molecule has 2 atom stereocenters. The minimum absolute atomic E-state index is 0.0140. The lowest BCUT2D eigenvalue weighted by molar-refractivity contribution is 0.175. The first-order chi connectivity index (χ1) is 15.3. The quantitative estimate of drug-likeness (QED) is 0.559. The molecule has 0 bridgehead atoms. The van der Waals surface area contributed by atoms with Gasteiger partial charge in [0.2, 0.25) is 10.0 Å². The molecule has 1 aliphatic rings. The van der Waals surface area contributed by atoms with E-state index < -0.39 is 10.0 Å². The van der Waals surface area contributed by atoms with Gasteiger partial charge in [-0.2, -0.15) is 0 Å². The molecule has 1 heterocycles. The zero-order chi connectivity index (χ0) is 23.1. The van der Waals surface area contributed by atoms with E-state index in [9.17, 15) is 8.42 Å². The molecule has 0 aromatic heterocycles. The summed E-state index contributed by atoms with van der Waals surface area (Å²) in [6, 6.07) is 26.7. The Labute approximate surface area is 191 Å². The van der Waals surface area contributed by atoms with Crippen LogP contribution >= 0.6 is 0 Å². The van der Waals surface area contributed by atoms with Gasteiger partial charge in [0.25, 0.3) is 0 Å². The Morgan fingerprint density at radius 2 is 1.56 bits per heavy atom. The number of aliphatic hydroxyl groups is 1. The average molecular weight is 454 g/mol. The minimum atomic E-state index is -3.29. The fraction of sp³-hybridized carbons (Fsp3) is 0.280. The van der Waals surface area contributed by atoms with Gasteiger partial charge >= 0.3 is 0 Å². The Morgan fingerprint density at radius 3 is 2.19 bits per heavy atom. The summed E-state index contributed by atoms with van der Waals surface area (Å²) in [5.74, 6) is 0. The number of fused-ring (bicyclic) bond motifs is 1. The molecule has 0 saturated heterocycles. The van der Waals surface area contributed by atoms with Gasteiger partial charge in [0.1, 0.15) is 0 Å². The van der Waals surface area contributed by atoms with E-state index in [1.165, 1.54) is 16.7 Å². The summed E-state index contributed by atoms with van der Waals surface area (Å²) in [6.45, 7) is 2.69. The smallest absolute Gasteiger partial charge is 0.229 e. The van der Waals surface area contributed by atoms with Crippen LogP contribution in [0, 0.1) is 0 Å². The Morgan fingerprint density at radius 1 is 0.969 bits per heavy atom. The molecule has 0 spiro atoms. The van der Waals surface area contributed by atoms with Crippen LogP contribution in [-0.4, -0.2) is 38.3 Å². The van der Waals surface area contributed by atoms with Gasteiger partial charge in [-0.15, -0.1) is 0 Å². The second-order valence-corrected chi connectivity index (χ2v) is 9.52. The van der Waals surface area contributed by atoms with Gasteiger partial charge in [0, 0.05) is 18.8 Å². The number of sulfonamides is 1. The molecule has 0 amide bonds. The monoisotopic (exact) mass is 453 g/mol. The normalized spacial score (nSPS) is 18.6. The Bertz CT molecular complexity index is 1100. The fourth-order valence-electron chi connectivity index (χ4n) is 4.03. The maximum atomic E-state index is 11.5. The van der Waals surface area contributed by atoms with Crippen molar-refractivity contribution in [2.75, 3.05) is 24.6 Å². The lowest BCUT2D eigenvalue weighted by atomic mass is 9.93. The first-order valence-electron chi connectivity index (χ1n) is 10.6. The van der Waals surface area contributed by atoms with Gasteiger partial charge in [0.15, 0.2) is 0 Å². The lowest BCUT2D eigenvalue weighted by Crippen LogP contribution is -2.35. The van der Waals surface area contributed by atoms with Crippen LogP contribution in [0.1, 0.15) is 41.4 Å². The third-order valence-corrected chi connectivity index (χ3v) is 5.90. The van der Waals surface area contributed by atoms with E-state index in [-0.39, 0.29) is 18.8 Å². The number of anilines is 1. The summed E-state index contributed by atoms with van der Waals surface area (Å²) in [4.78, 5) is 2.33. The molecule has 0 radical (unpaired) electrons. The molecule has 2 unspecified atom stereocenters. The van der Waals surface area contributed by atoms with Crippen molar-refractivity contribution >= 4 is 15.7 Å². The van der Waals surface area contributed by atoms with Crippen LogP contribution in [0.5, 0.6) is 0 Å². The first-order valence-corrected chi connectivity index (χ1v) is 12.5. The number of rotatable bonds is 4. The summed E-state index contributed by atoms with van der Waals surface area (Å²) in [5, 5.41) is 11.2. The second-order valence-electron chi connectivity index (χ2n) is 7.77. The number of hydrogen-bond acceptors (Lipinski definition) is 5. The van der Waals surface area contributed by atoms with Crippen LogP contribution in [0.2, 0.25) is 0 Å². The largest absolute Gasteiger partial charge is 0.397 e. The van der Waals surface area contributed by atoms with E-state index in [2.05, 4.69) is 70.5 Å². The minimum Gasteiger partial charge on any atom is -0.397 e. The number of benzene rings is 3. The van der Waals surface area contributed by atoms with Crippen molar-refractivity contribution in [2.24, 2.45) is 0 Å². The summed E-state index contributed by atoms with van der Waals surface area (Å²) in [6.07, 6.45) is 1.14. The van der Waals surface area contributed by atoms with Crippen molar-refractivity contribution in [1.29, 1.82) is 0 Å². The maximum absolute atomic E-state index is 11.5. The number of hydrogen-bond donors (Lipinski definition) is 3. The van der Waals surface area contributed by atoms with Crippen molar-refractivity contribution in [2.45, 2.75) is 25.7 Å². The molecular formula is C25H31N3O3S. The molecule has 0 aliphatic carbocycles. The molecule has 0 fully saturated rings. The second kappa shape index (κ2) is 10.7. The SMILES string of the molecule is CCO.CN1C(c2ccc(NS(C)(=O)=O)cc2)NCc2ccccc2C1c1ccccc1. The average Bonchev–Trinajstić information content (AvgIpc) is 2.91. The molecular weight excluding hydrogens is 422 g/mol. The summed E-state index contributed by atoms with van der Waals surface area (Å²) in [5.41, 5.74) is 5.47. The van der Waals surface area contributed by atoms with Crippen LogP contribution in [0.25, 0.3) is 0 Å². The highest BCUT2D eigenvalue weighted by atomic mass is 32.2. The van der Waals surface area contributed by atoms with Crippen molar-refractivity contribution in [3.8, 4) is 0 Å². The van der Waals surface area contributed by atoms with Gasteiger partial charge in [-0.3, -0.25) is 14.9 Å². The highest BCUT2D eigenvalue weighted by Crippen LogP contribution is 2.37. The summed E-state index contributed by atoms with van der Waals surface area (Å²) < 4.78 is 25.5. The molecule has 6 nitrogen and oxygen atoms in total. The molecule has 1 aliphatic heterocycles. The standard InChI is InChI=1S/C23H25N3O2S.C2H6O/c1-26-22(17-8-4-3-5-9-17)21-11-7-6-10-19(21)16-24-23(26)18-12-14-20(15-13-18)25-29(2,27)28;1-2-3/h3-15,22-25H,16H2,1-2H3;3H,2H2,1H3. The van der Waals surface area contributed by atoms with Crippen molar-refractivity contribution in [3.63, 3.8) is 0 Å². The third kappa shape index (κ3) is 5.95. The Kier molecular flexibility index (Phi) is 8.04. The zero-order valence-corrected chi connectivity index (χ0v) is 19.5. The van der Waals surface area contributed by atoms with E-state index in [1.807, 2.05) is 30.3 Å². The van der Waals surface area contributed by atoms with E-state index in [0.717, 1.165) is 18.4 Å². The van der Waals surface area contributed by atoms with E-state index in [0.29, 0.717) is 5.69 Å². The van der Waals surface area contributed by atoms with Gasteiger partial charge in [-0.25, -0.2) is 8.42 Å². The summed E-state index contributed by atoms with van der Waals surface area (Å²) >= 11 is 0. The van der Waals surface area contributed by atoms with E-state index in [4.69, 9.17) is 5.11 Å². The molecule has 32 heavy (non-hydrogen) atoms. The van der Waals surface area contributed by atoms with E-state index in [1.54, 1.807) is 6.92 Å². The van der Waals surface area contributed by atoms with Crippen LogP contribution in [-0.2, 0) is 16.6 Å². The summed E-state index contributed by atoms with van der Waals surface area (Å²) in [7, 11) is -1.16. The highest BCUT2D eigenvalue weighted by Gasteiger charge is 2.31. The number of nitrogens with one attached hydrogen (secondary N) is 2. The van der Waals surface area contributed by atoms with E-state index >= 15 is 0 Å². The zero-order valence-electron chi connectivity index (χ0n) is 18.7. The molecule has 3 N–H and O–H groups in total. The number of nitrogens with zero attached hydrogens (tertiary/aromatic N) is 1. The lowest BCUT2D eigenvalue weighted by Gasteiger charge is -2.34. The Hall–Kier alpha value is -2.71. The molecule has 3 aromatic carbocycles. The predicted octanol–water partition coefficient (Wildman–Crippen LogP) is 3.88.